The van der Waals surface area contributed by atoms with E-state index in [4.69, 9.17) is 0 Å². The molecule has 0 aliphatic heterocycles. The van der Waals surface area contributed by atoms with Gasteiger partial charge in [-0.1, -0.05) is 6.92 Å². The van der Waals surface area contributed by atoms with E-state index in [1.807, 2.05) is 18.7 Å². The van der Waals surface area contributed by atoms with Gasteiger partial charge < -0.3 is 5.11 Å². The van der Waals surface area contributed by atoms with Crippen molar-refractivity contribution in [2.24, 2.45) is 7.05 Å². The molecule has 0 amide bonds. The van der Waals surface area contributed by atoms with Crippen molar-refractivity contribution in [1.29, 1.82) is 0 Å². The van der Waals surface area contributed by atoms with Gasteiger partial charge in [-0.3, -0.25) is 4.68 Å². The summed E-state index contributed by atoms with van der Waals surface area (Å²) >= 11 is 0. The second-order valence-electron chi connectivity index (χ2n) is 3.11. The van der Waals surface area contributed by atoms with Crippen LogP contribution in [-0.4, -0.2) is 14.9 Å². The lowest BCUT2D eigenvalue weighted by molar-refractivity contribution is 0.192. The van der Waals surface area contributed by atoms with Crippen LogP contribution >= 0.6 is 0 Å². The maximum atomic E-state index is 9.36. The maximum Gasteiger partial charge on any atom is 0.0953 e. The Morgan fingerprint density at radius 1 is 1.58 bits per heavy atom. The highest BCUT2D eigenvalue weighted by atomic mass is 16.3. The van der Waals surface area contributed by atoms with Crippen molar-refractivity contribution < 1.29 is 5.11 Å². The van der Waals surface area contributed by atoms with Crippen LogP contribution in [0.3, 0.4) is 0 Å². The molecule has 1 heterocycles. The van der Waals surface area contributed by atoms with Gasteiger partial charge in [-0.15, -0.1) is 0 Å². The van der Waals surface area contributed by atoms with Gasteiger partial charge in [0, 0.05) is 12.7 Å². The van der Waals surface area contributed by atoms with Crippen molar-refractivity contribution >= 4 is 0 Å². The molecule has 0 aliphatic carbocycles. The third-order valence-corrected chi connectivity index (χ3v) is 2.20. The van der Waals surface area contributed by atoms with Crippen LogP contribution in [0.15, 0.2) is 0 Å². The lowest BCUT2D eigenvalue weighted by Gasteiger charge is -2.00. The first-order chi connectivity index (χ1) is 5.57. The first-order valence-corrected chi connectivity index (χ1v) is 4.28. The average molecular weight is 168 g/mol. The van der Waals surface area contributed by atoms with Gasteiger partial charge in [0.15, 0.2) is 0 Å². The van der Waals surface area contributed by atoms with E-state index in [1.54, 1.807) is 6.92 Å². The molecule has 0 spiro atoms. The minimum absolute atomic E-state index is 0.462. The Kier molecular flexibility index (Phi) is 2.52. The van der Waals surface area contributed by atoms with Gasteiger partial charge in [-0.2, -0.15) is 5.10 Å². The molecule has 1 rings (SSSR count). The van der Waals surface area contributed by atoms with Gasteiger partial charge in [-0.25, -0.2) is 0 Å². The Hall–Kier alpha value is -0.830. The summed E-state index contributed by atoms with van der Waals surface area (Å²) in [5.41, 5.74) is 3.12. The van der Waals surface area contributed by atoms with E-state index in [-0.39, 0.29) is 0 Å². The molecule has 1 unspecified atom stereocenters. The number of hydrogen-bond acceptors (Lipinski definition) is 2. The third-order valence-electron chi connectivity index (χ3n) is 2.20. The summed E-state index contributed by atoms with van der Waals surface area (Å²) in [4.78, 5) is 0. The minimum atomic E-state index is -0.462. The van der Waals surface area contributed by atoms with E-state index >= 15 is 0 Å². The van der Waals surface area contributed by atoms with Gasteiger partial charge in [0.25, 0.3) is 0 Å². The molecule has 1 N–H and O–H groups in total. The molecule has 0 radical (unpaired) electrons. The SMILES string of the molecule is CCc1c(C)c(C(C)O)nn1C. The van der Waals surface area contributed by atoms with Crippen LogP contribution in [0.4, 0.5) is 0 Å². The van der Waals surface area contributed by atoms with E-state index in [9.17, 15) is 5.11 Å². The smallest absolute Gasteiger partial charge is 0.0953 e. The van der Waals surface area contributed by atoms with Crippen molar-refractivity contribution in [1.82, 2.24) is 9.78 Å². The molecule has 68 valence electrons. The lowest BCUT2D eigenvalue weighted by atomic mass is 10.1. The van der Waals surface area contributed by atoms with E-state index in [0.29, 0.717) is 0 Å². The van der Waals surface area contributed by atoms with E-state index in [1.165, 1.54) is 5.69 Å². The van der Waals surface area contributed by atoms with Gasteiger partial charge in [0.2, 0.25) is 0 Å². The highest BCUT2D eigenvalue weighted by Gasteiger charge is 2.13. The van der Waals surface area contributed by atoms with Crippen LogP contribution in [0.25, 0.3) is 0 Å². The van der Waals surface area contributed by atoms with Crippen LogP contribution in [0, 0.1) is 6.92 Å². The molecule has 0 saturated heterocycles. The number of hydrogen-bond donors (Lipinski definition) is 1. The largest absolute Gasteiger partial charge is 0.387 e. The quantitative estimate of drug-likeness (QED) is 0.723. The van der Waals surface area contributed by atoms with Gasteiger partial charge >= 0.3 is 0 Å². The van der Waals surface area contributed by atoms with Crippen molar-refractivity contribution in [3.63, 3.8) is 0 Å². The maximum absolute atomic E-state index is 9.36. The Morgan fingerprint density at radius 2 is 2.17 bits per heavy atom. The van der Waals surface area contributed by atoms with Crippen LogP contribution in [-0.2, 0) is 13.5 Å². The molecule has 12 heavy (non-hydrogen) atoms. The Labute approximate surface area is 73.0 Å². The monoisotopic (exact) mass is 168 g/mol. The number of rotatable bonds is 2. The van der Waals surface area contributed by atoms with Crippen molar-refractivity contribution in [2.75, 3.05) is 0 Å². The van der Waals surface area contributed by atoms with E-state index in [2.05, 4.69) is 12.0 Å². The second kappa shape index (κ2) is 3.27. The number of aromatic nitrogens is 2. The highest BCUT2D eigenvalue weighted by molar-refractivity contribution is 5.25. The predicted octanol–water partition coefficient (Wildman–Crippen LogP) is 1.34. The van der Waals surface area contributed by atoms with Crippen molar-refractivity contribution in [3.05, 3.63) is 17.0 Å². The predicted molar refractivity (Wildman–Crippen MR) is 48.0 cm³/mol. The number of aryl methyl sites for hydroxylation is 1. The standard InChI is InChI=1S/C9H16N2O/c1-5-8-6(2)9(7(3)12)10-11(8)4/h7,12H,5H2,1-4H3. The molecule has 1 atom stereocenters. The summed E-state index contributed by atoms with van der Waals surface area (Å²) in [6.07, 6.45) is 0.499. The zero-order chi connectivity index (χ0) is 9.30. The summed E-state index contributed by atoms with van der Waals surface area (Å²) in [6, 6.07) is 0. The molecule has 0 aliphatic rings. The average Bonchev–Trinajstić information content (AvgIpc) is 2.27. The Balaban J connectivity index is 3.17. The highest BCUT2D eigenvalue weighted by Crippen LogP contribution is 2.18. The van der Waals surface area contributed by atoms with Crippen LogP contribution in [0.5, 0.6) is 0 Å². The molecular formula is C9H16N2O. The molecule has 3 nitrogen and oxygen atoms in total. The molecular weight excluding hydrogens is 152 g/mol. The first kappa shape index (κ1) is 9.26. The molecule has 3 heteroatoms. The molecule has 0 aromatic carbocycles. The summed E-state index contributed by atoms with van der Waals surface area (Å²) in [6.45, 7) is 5.85. The topological polar surface area (TPSA) is 38.1 Å². The molecule has 0 bridgehead atoms. The number of nitrogens with zero attached hydrogens (tertiary/aromatic N) is 2. The van der Waals surface area contributed by atoms with Crippen molar-refractivity contribution in [2.45, 2.75) is 33.3 Å². The summed E-state index contributed by atoms with van der Waals surface area (Å²) in [7, 11) is 1.91. The van der Waals surface area contributed by atoms with Gasteiger partial charge in [-0.05, 0) is 25.8 Å². The fourth-order valence-corrected chi connectivity index (χ4v) is 1.58. The minimum Gasteiger partial charge on any atom is -0.387 e. The molecule has 1 aromatic heterocycles. The molecule has 1 aromatic rings. The van der Waals surface area contributed by atoms with E-state index < -0.39 is 6.10 Å². The van der Waals surface area contributed by atoms with E-state index in [0.717, 1.165) is 17.7 Å². The van der Waals surface area contributed by atoms with Crippen LogP contribution < -0.4 is 0 Å². The Morgan fingerprint density at radius 3 is 2.42 bits per heavy atom. The van der Waals surface area contributed by atoms with Crippen LogP contribution in [0.2, 0.25) is 0 Å². The lowest BCUT2D eigenvalue weighted by Crippen LogP contribution is -1.97. The van der Waals surface area contributed by atoms with Crippen molar-refractivity contribution in [3.8, 4) is 0 Å². The Bertz CT molecular complexity index is 276. The molecule has 0 fully saturated rings. The fraction of sp³-hybridized carbons (Fsp3) is 0.667. The summed E-state index contributed by atoms with van der Waals surface area (Å²) in [5, 5.41) is 13.6. The summed E-state index contributed by atoms with van der Waals surface area (Å²) in [5.74, 6) is 0. The first-order valence-electron chi connectivity index (χ1n) is 4.28. The number of aliphatic hydroxyl groups excluding tert-OH is 1. The van der Waals surface area contributed by atoms with Crippen LogP contribution in [0.1, 0.15) is 36.9 Å². The normalized spacial score (nSPS) is 13.4. The number of aliphatic hydroxyl groups is 1. The zero-order valence-electron chi connectivity index (χ0n) is 8.13. The third kappa shape index (κ3) is 1.37. The zero-order valence-corrected chi connectivity index (χ0v) is 8.13. The second-order valence-corrected chi connectivity index (χ2v) is 3.11. The van der Waals surface area contributed by atoms with Gasteiger partial charge in [0.05, 0.1) is 11.8 Å². The summed E-state index contributed by atoms with van der Waals surface area (Å²) < 4.78 is 1.84. The fourth-order valence-electron chi connectivity index (χ4n) is 1.58. The molecule has 0 saturated carbocycles. The van der Waals surface area contributed by atoms with Gasteiger partial charge in [0.1, 0.15) is 0 Å².